The van der Waals surface area contributed by atoms with E-state index in [9.17, 15) is 4.79 Å². The third-order valence-corrected chi connectivity index (χ3v) is 3.36. The lowest BCUT2D eigenvalue weighted by Gasteiger charge is -2.48. The number of carbonyl (C=O) groups excluding carboxylic acids is 1. The second kappa shape index (κ2) is 2.54. The lowest BCUT2D eigenvalue weighted by Crippen LogP contribution is -2.55. The lowest BCUT2D eigenvalue weighted by molar-refractivity contribution is -0.299. The van der Waals surface area contributed by atoms with Crippen molar-refractivity contribution in [3.8, 4) is 0 Å². The summed E-state index contributed by atoms with van der Waals surface area (Å²) in [6.45, 7) is 0. The molecule has 0 aromatic rings. The van der Waals surface area contributed by atoms with Gasteiger partial charge >= 0.3 is 0 Å². The number of ketones is 1. The second-order valence-electron chi connectivity index (χ2n) is 3.64. The molecule has 2 aliphatic rings. The van der Waals surface area contributed by atoms with Crippen molar-refractivity contribution in [2.75, 3.05) is 14.2 Å². The van der Waals surface area contributed by atoms with Crippen LogP contribution in [0.25, 0.3) is 0 Å². The summed E-state index contributed by atoms with van der Waals surface area (Å²) in [5.41, 5.74) is 0. The van der Waals surface area contributed by atoms with Gasteiger partial charge in [0.25, 0.3) is 0 Å². The molecule has 0 spiro atoms. The molecule has 0 bridgehead atoms. The standard InChI is InChI=1S/C9H14O3/c1-11-9(12-2)5-6-7(9)3-4-8(6)10/h6-7H,3-5H2,1-2H3/t6-,7-/m1/s1. The highest BCUT2D eigenvalue weighted by Gasteiger charge is 2.60. The fourth-order valence-corrected chi connectivity index (χ4v) is 2.54. The summed E-state index contributed by atoms with van der Waals surface area (Å²) in [5, 5.41) is 0. The summed E-state index contributed by atoms with van der Waals surface area (Å²) in [6.07, 6.45) is 2.40. The summed E-state index contributed by atoms with van der Waals surface area (Å²) >= 11 is 0. The summed E-state index contributed by atoms with van der Waals surface area (Å²) in [6, 6.07) is 0. The van der Waals surface area contributed by atoms with E-state index >= 15 is 0 Å². The minimum absolute atomic E-state index is 0.227. The fourth-order valence-electron chi connectivity index (χ4n) is 2.54. The van der Waals surface area contributed by atoms with E-state index in [4.69, 9.17) is 9.47 Å². The molecule has 2 saturated carbocycles. The molecule has 68 valence electrons. The first-order valence-electron chi connectivity index (χ1n) is 4.36. The van der Waals surface area contributed by atoms with Gasteiger partial charge in [-0.3, -0.25) is 4.79 Å². The zero-order valence-electron chi connectivity index (χ0n) is 7.50. The van der Waals surface area contributed by atoms with Gasteiger partial charge in [-0.2, -0.15) is 0 Å². The van der Waals surface area contributed by atoms with Gasteiger partial charge in [-0.15, -0.1) is 0 Å². The van der Waals surface area contributed by atoms with Crippen molar-refractivity contribution in [3.63, 3.8) is 0 Å². The molecule has 2 atom stereocenters. The van der Waals surface area contributed by atoms with Gasteiger partial charge in [-0.1, -0.05) is 0 Å². The molecule has 2 aliphatic carbocycles. The van der Waals surface area contributed by atoms with E-state index in [1.54, 1.807) is 14.2 Å². The maximum absolute atomic E-state index is 11.2. The number of methoxy groups -OCH3 is 2. The maximum Gasteiger partial charge on any atom is 0.171 e. The number of hydrogen-bond donors (Lipinski definition) is 0. The number of rotatable bonds is 2. The van der Waals surface area contributed by atoms with Gasteiger partial charge in [0.15, 0.2) is 5.79 Å². The van der Waals surface area contributed by atoms with E-state index in [1.807, 2.05) is 0 Å². The smallest absolute Gasteiger partial charge is 0.171 e. The fraction of sp³-hybridized carbons (Fsp3) is 0.889. The van der Waals surface area contributed by atoms with E-state index in [0.717, 1.165) is 12.8 Å². The molecule has 2 rings (SSSR count). The Kier molecular flexibility index (Phi) is 1.73. The first kappa shape index (κ1) is 8.20. The lowest BCUT2D eigenvalue weighted by atomic mass is 9.69. The van der Waals surface area contributed by atoms with Gasteiger partial charge < -0.3 is 9.47 Å². The van der Waals surface area contributed by atoms with Gasteiger partial charge in [0.2, 0.25) is 0 Å². The molecule has 2 fully saturated rings. The Morgan fingerprint density at radius 3 is 2.58 bits per heavy atom. The summed E-state index contributed by atoms with van der Waals surface area (Å²) < 4.78 is 10.6. The van der Waals surface area contributed by atoms with Crippen molar-refractivity contribution in [2.24, 2.45) is 11.8 Å². The minimum Gasteiger partial charge on any atom is -0.353 e. The van der Waals surface area contributed by atoms with Crippen LogP contribution in [0.15, 0.2) is 0 Å². The van der Waals surface area contributed by atoms with Crippen LogP contribution in [0.4, 0.5) is 0 Å². The Hall–Kier alpha value is -0.410. The number of hydrogen-bond acceptors (Lipinski definition) is 3. The summed E-state index contributed by atoms with van der Waals surface area (Å²) in [4.78, 5) is 11.2. The SMILES string of the molecule is COC1(OC)C[C@H]2C(=O)CC[C@H]21. The van der Waals surface area contributed by atoms with Crippen LogP contribution in [0.1, 0.15) is 19.3 Å². The Morgan fingerprint density at radius 2 is 2.08 bits per heavy atom. The average molecular weight is 170 g/mol. The van der Waals surface area contributed by atoms with Crippen LogP contribution in [0, 0.1) is 11.8 Å². The van der Waals surface area contributed by atoms with Gasteiger partial charge in [0.05, 0.1) is 0 Å². The van der Waals surface area contributed by atoms with Crippen LogP contribution < -0.4 is 0 Å². The highest BCUT2D eigenvalue weighted by Crippen LogP contribution is 2.53. The van der Waals surface area contributed by atoms with Crippen LogP contribution >= 0.6 is 0 Å². The minimum atomic E-state index is -0.434. The number of ether oxygens (including phenoxy) is 2. The zero-order chi connectivity index (χ0) is 8.77. The van der Waals surface area contributed by atoms with Crippen molar-refractivity contribution in [1.82, 2.24) is 0 Å². The molecule has 0 aliphatic heterocycles. The third-order valence-electron chi connectivity index (χ3n) is 3.36. The summed E-state index contributed by atoms with van der Waals surface area (Å²) in [5.74, 6) is 0.506. The van der Waals surface area contributed by atoms with Crippen molar-refractivity contribution in [1.29, 1.82) is 0 Å². The average Bonchev–Trinajstić information content (AvgIpc) is 2.32. The molecule has 0 aromatic carbocycles. The number of Topliss-reactive ketones (excluding diaryl/α,β-unsaturated/α-hetero) is 1. The van der Waals surface area contributed by atoms with Crippen LogP contribution in [-0.2, 0) is 14.3 Å². The molecule has 0 aromatic heterocycles. The predicted octanol–water partition coefficient (Wildman–Crippen LogP) is 0.974. The Balaban J connectivity index is 2.12. The van der Waals surface area contributed by atoms with Crippen LogP contribution in [0.2, 0.25) is 0 Å². The highest BCUT2D eigenvalue weighted by molar-refractivity contribution is 5.85. The van der Waals surface area contributed by atoms with Crippen molar-refractivity contribution >= 4 is 5.78 Å². The summed E-state index contributed by atoms with van der Waals surface area (Å²) in [7, 11) is 3.31. The van der Waals surface area contributed by atoms with Gasteiger partial charge in [-0.05, 0) is 6.42 Å². The molecule has 0 amide bonds. The van der Waals surface area contributed by atoms with Crippen molar-refractivity contribution in [3.05, 3.63) is 0 Å². The largest absolute Gasteiger partial charge is 0.353 e. The predicted molar refractivity (Wildman–Crippen MR) is 42.6 cm³/mol. The Morgan fingerprint density at radius 1 is 1.42 bits per heavy atom. The number of carbonyl (C=O) groups is 1. The molecule has 0 radical (unpaired) electrons. The van der Waals surface area contributed by atoms with Gasteiger partial charge in [-0.25, -0.2) is 0 Å². The first-order chi connectivity index (χ1) is 5.73. The van der Waals surface area contributed by atoms with Gasteiger partial charge in [0, 0.05) is 38.9 Å². The second-order valence-corrected chi connectivity index (χ2v) is 3.64. The normalized spacial score (nSPS) is 37.7. The number of fused-ring (bicyclic) bond motifs is 1. The molecule has 12 heavy (non-hydrogen) atoms. The van der Waals surface area contributed by atoms with Crippen LogP contribution in [-0.4, -0.2) is 25.8 Å². The topological polar surface area (TPSA) is 35.5 Å². The third kappa shape index (κ3) is 0.808. The molecule has 0 heterocycles. The van der Waals surface area contributed by atoms with Crippen molar-refractivity contribution in [2.45, 2.75) is 25.0 Å². The van der Waals surface area contributed by atoms with Crippen LogP contribution in [0.3, 0.4) is 0 Å². The molecule has 0 saturated heterocycles. The zero-order valence-corrected chi connectivity index (χ0v) is 7.50. The monoisotopic (exact) mass is 170 g/mol. The van der Waals surface area contributed by atoms with Crippen molar-refractivity contribution < 1.29 is 14.3 Å². The quantitative estimate of drug-likeness (QED) is 0.579. The first-order valence-corrected chi connectivity index (χ1v) is 4.36. The Bertz CT molecular complexity index is 208. The van der Waals surface area contributed by atoms with E-state index in [2.05, 4.69) is 0 Å². The van der Waals surface area contributed by atoms with E-state index in [1.165, 1.54) is 0 Å². The molecule has 3 nitrogen and oxygen atoms in total. The van der Waals surface area contributed by atoms with E-state index < -0.39 is 5.79 Å². The van der Waals surface area contributed by atoms with Crippen LogP contribution in [0.5, 0.6) is 0 Å². The highest BCUT2D eigenvalue weighted by atomic mass is 16.7. The Labute approximate surface area is 72.0 Å². The maximum atomic E-state index is 11.2. The molecular formula is C9H14O3. The molecular weight excluding hydrogens is 156 g/mol. The molecule has 3 heteroatoms. The van der Waals surface area contributed by atoms with Gasteiger partial charge in [0.1, 0.15) is 5.78 Å². The van der Waals surface area contributed by atoms with E-state index in [0.29, 0.717) is 18.1 Å². The molecule has 0 unspecified atom stereocenters. The molecule has 0 N–H and O–H groups in total. The van der Waals surface area contributed by atoms with E-state index in [-0.39, 0.29) is 5.92 Å².